The van der Waals surface area contributed by atoms with Gasteiger partial charge in [0, 0.05) is 37.9 Å². The summed E-state index contributed by atoms with van der Waals surface area (Å²) in [4.78, 5) is 13.5. The van der Waals surface area contributed by atoms with E-state index in [0.717, 1.165) is 37.7 Å². The highest BCUT2D eigenvalue weighted by molar-refractivity contribution is 5.66. The predicted molar refractivity (Wildman–Crippen MR) is 117 cm³/mol. The Bertz CT molecular complexity index is 1050. The van der Waals surface area contributed by atoms with Gasteiger partial charge in [0.2, 0.25) is 0 Å². The Morgan fingerprint density at radius 1 is 0.931 bits per heavy atom. The van der Waals surface area contributed by atoms with E-state index in [0.29, 0.717) is 11.4 Å². The summed E-state index contributed by atoms with van der Waals surface area (Å²) in [6.07, 6.45) is 1.57. The third kappa shape index (κ3) is 3.99. The van der Waals surface area contributed by atoms with Gasteiger partial charge in [-0.3, -0.25) is 0 Å². The van der Waals surface area contributed by atoms with Crippen LogP contribution in [0.4, 0.5) is 23.0 Å². The van der Waals surface area contributed by atoms with Crippen molar-refractivity contribution < 1.29 is 0 Å². The van der Waals surface area contributed by atoms with Gasteiger partial charge < -0.3 is 15.1 Å². The molecule has 2 heterocycles. The lowest BCUT2D eigenvalue weighted by Gasteiger charge is -2.37. The molecule has 6 heteroatoms. The van der Waals surface area contributed by atoms with Gasteiger partial charge in [0.1, 0.15) is 24.0 Å². The minimum absolute atomic E-state index is 0.592. The van der Waals surface area contributed by atoms with Gasteiger partial charge in [0.25, 0.3) is 0 Å². The molecule has 1 fully saturated rings. The molecule has 0 radical (unpaired) electrons. The second-order valence-electron chi connectivity index (χ2n) is 7.24. The van der Waals surface area contributed by atoms with Crippen LogP contribution in [0.5, 0.6) is 0 Å². The molecule has 0 aliphatic carbocycles. The summed E-state index contributed by atoms with van der Waals surface area (Å²) in [6, 6.07) is 18.1. The maximum Gasteiger partial charge on any atom is 0.135 e. The molecule has 0 amide bonds. The molecule has 1 N–H and O–H groups in total. The highest BCUT2D eigenvalue weighted by Gasteiger charge is 2.20. The number of rotatable bonds is 4. The number of aromatic nitrogens is 2. The Kier molecular flexibility index (Phi) is 5.30. The molecule has 0 bridgehead atoms. The number of hydrogen-bond donors (Lipinski definition) is 1. The zero-order valence-electron chi connectivity index (χ0n) is 16.8. The molecule has 146 valence electrons. The lowest BCUT2D eigenvalue weighted by Crippen LogP contribution is -2.47. The van der Waals surface area contributed by atoms with Crippen LogP contribution < -0.4 is 15.1 Å². The van der Waals surface area contributed by atoms with E-state index in [2.05, 4.69) is 63.2 Å². The van der Waals surface area contributed by atoms with E-state index in [1.165, 1.54) is 16.8 Å². The average Bonchev–Trinajstić information content (AvgIpc) is 2.76. The van der Waals surface area contributed by atoms with E-state index in [1.807, 2.05) is 24.3 Å². The first-order valence-corrected chi connectivity index (χ1v) is 9.80. The zero-order chi connectivity index (χ0) is 20.2. The van der Waals surface area contributed by atoms with Gasteiger partial charge in [-0.05, 0) is 43.2 Å². The van der Waals surface area contributed by atoms with Crippen molar-refractivity contribution in [3.8, 4) is 6.07 Å². The van der Waals surface area contributed by atoms with E-state index in [9.17, 15) is 5.26 Å². The monoisotopic (exact) mass is 384 g/mol. The first-order valence-electron chi connectivity index (χ1n) is 9.80. The third-order valence-corrected chi connectivity index (χ3v) is 5.48. The molecule has 0 unspecified atom stereocenters. The van der Waals surface area contributed by atoms with Crippen LogP contribution in [0, 0.1) is 25.2 Å². The normalized spacial score (nSPS) is 13.8. The van der Waals surface area contributed by atoms with Gasteiger partial charge in [-0.15, -0.1) is 0 Å². The Morgan fingerprint density at radius 3 is 2.48 bits per heavy atom. The van der Waals surface area contributed by atoms with Gasteiger partial charge in [0.05, 0.1) is 11.3 Å². The maximum atomic E-state index is 9.27. The number of piperazine rings is 1. The molecule has 1 aliphatic rings. The van der Waals surface area contributed by atoms with Crippen LogP contribution in [0.3, 0.4) is 0 Å². The van der Waals surface area contributed by atoms with Gasteiger partial charge in [-0.25, -0.2) is 9.97 Å². The molecule has 1 aliphatic heterocycles. The molecule has 1 aromatic heterocycles. The molecule has 4 rings (SSSR count). The number of nitrogens with zero attached hydrogens (tertiary/aromatic N) is 5. The van der Waals surface area contributed by atoms with Crippen molar-refractivity contribution in [3.63, 3.8) is 0 Å². The van der Waals surface area contributed by atoms with Gasteiger partial charge in [0.15, 0.2) is 0 Å². The summed E-state index contributed by atoms with van der Waals surface area (Å²) in [5.41, 5.74) is 5.34. The van der Waals surface area contributed by atoms with Crippen LogP contribution in [0.15, 0.2) is 54.9 Å². The summed E-state index contributed by atoms with van der Waals surface area (Å²) >= 11 is 0. The minimum Gasteiger partial charge on any atom is -0.368 e. The molecule has 29 heavy (non-hydrogen) atoms. The number of benzene rings is 2. The SMILES string of the molecule is Cc1cccc(N2CCN(c3cc(Nc4ccccc4C#N)ncn3)CC2)c1C. The van der Waals surface area contributed by atoms with Crippen LogP contribution in [0.1, 0.15) is 16.7 Å². The zero-order valence-corrected chi connectivity index (χ0v) is 16.8. The number of hydrogen-bond acceptors (Lipinski definition) is 6. The highest BCUT2D eigenvalue weighted by Crippen LogP contribution is 2.26. The van der Waals surface area contributed by atoms with Gasteiger partial charge >= 0.3 is 0 Å². The van der Waals surface area contributed by atoms with E-state index < -0.39 is 0 Å². The average molecular weight is 384 g/mol. The summed E-state index contributed by atoms with van der Waals surface area (Å²) in [6.45, 7) is 8.06. The Labute approximate surface area is 171 Å². The third-order valence-electron chi connectivity index (χ3n) is 5.48. The van der Waals surface area contributed by atoms with Crippen LogP contribution in [-0.4, -0.2) is 36.1 Å². The van der Waals surface area contributed by atoms with E-state index >= 15 is 0 Å². The largest absolute Gasteiger partial charge is 0.368 e. The quantitative estimate of drug-likeness (QED) is 0.732. The second-order valence-corrected chi connectivity index (χ2v) is 7.24. The topological polar surface area (TPSA) is 68.1 Å². The molecular weight excluding hydrogens is 360 g/mol. The van der Waals surface area contributed by atoms with Crippen molar-refractivity contribution >= 4 is 23.0 Å². The smallest absolute Gasteiger partial charge is 0.135 e. The Morgan fingerprint density at radius 2 is 1.69 bits per heavy atom. The fourth-order valence-electron chi connectivity index (χ4n) is 3.67. The highest BCUT2D eigenvalue weighted by atomic mass is 15.3. The van der Waals surface area contributed by atoms with Crippen molar-refractivity contribution in [1.29, 1.82) is 5.26 Å². The maximum absolute atomic E-state index is 9.27. The lowest BCUT2D eigenvalue weighted by molar-refractivity contribution is 0.645. The minimum atomic E-state index is 0.592. The van der Waals surface area contributed by atoms with E-state index in [1.54, 1.807) is 12.4 Å². The Hall–Kier alpha value is -3.59. The van der Waals surface area contributed by atoms with Crippen LogP contribution in [0.2, 0.25) is 0 Å². The van der Waals surface area contributed by atoms with E-state index in [4.69, 9.17) is 0 Å². The van der Waals surface area contributed by atoms with Gasteiger partial charge in [-0.2, -0.15) is 5.26 Å². The van der Waals surface area contributed by atoms with Crippen molar-refractivity contribution in [3.05, 3.63) is 71.5 Å². The number of nitrogens with one attached hydrogen (secondary N) is 1. The molecule has 6 nitrogen and oxygen atoms in total. The van der Waals surface area contributed by atoms with E-state index in [-0.39, 0.29) is 0 Å². The molecule has 2 aromatic carbocycles. The second kappa shape index (κ2) is 8.19. The number of aryl methyl sites for hydroxylation is 1. The fraction of sp³-hybridized carbons (Fsp3) is 0.261. The van der Waals surface area contributed by atoms with Crippen molar-refractivity contribution in [2.75, 3.05) is 41.3 Å². The van der Waals surface area contributed by atoms with Crippen LogP contribution in [0.25, 0.3) is 0 Å². The van der Waals surface area contributed by atoms with Crippen LogP contribution >= 0.6 is 0 Å². The number of anilines is 4. The number of para-hydroxylation sites is 1. The van der Waals surface area contributed by atoms with Crippen molar-refractivity contribution in [1.82, 2.24) is 9.97 Å². The summed E-state index contributed by atoms with van der Waals surface area (Å²) in [5, 5.41) is 12.5. The first kappa shape index (κ1) is 18.8. The summed E-state index contributed by atoms with van der Waals surface area (Å²) < 4.78 is 0. The fourth-order valence-corrected chi connectivity index (χ4v) is 3.67. The van der Waals surface area contributed by atoms with Crippen molar-refractivity contribution in [2.24, 2.45) is 0 Å². The molecule has 3 aromatic rings. The summed E-state index contributed by atoms with van der Waals surface area (Å²) in [5.74, 6) is 1.59. The molecule has 0 saturated carbocycles. The van der Waals surface area contributed by atoms with Gasteiger partial charge in [-0.1, -0.05) is 24.3 Å². The first-order chi connectivity index (χ1) is 14.2. The standard InChI is InChI=1S/C23H24N6/c1-17-6-5-9-21(18(17)2)28-10-12-29(13-11-28)23-14-22(25-16-26-23)27-20-8-4-3-7-19(20)15-24/h3-9,14,16H,10-13H2,1-2H3,(H,25,26,27). The molecular formula is C23H24N6. The molecule has 0 atom stereocenters. The summed E-state index contributed by atoms with van der Waals surface area (Å²) in [7, 11) is 0. The molecule has 0 spiro atoms. The predicted octanol–water partition coefficient (Wildman–Crippen LogP) is 4.04. The van der Waals surface area contributed by atoms with Crippen molar-refractivity contribution in [2.45, 2.75) is 13.8 Å². The molecule has 1 saturated heterocycles. The number of nitriles is 1. The Balaban J connectivity index is 1.46. The van der Waals surface area contributed by atoms with Crippen LogP contribution in [-0.2, 0) is 0 Å². The lowest BCUT2D eigenvalue weighted by atomic mass is 10.1.